The minimum absolute atomic E-state index is 0.0143. The van der Waals surface area contributed by atoms with Gasteiger partial charge in [0, 0.05) is 38.2 Å². The van der Waals surface area contributed by atoms with E-state index < -0.39 is 0 Å². The van der Waals surface area contributed by atoms with Crippen LogP contribution in [0.15, 0.2) is 35.5 Å². The molecule has 1 fully saturated rings. The number of piperazine rings is 1. The van der Waals surface area contributed by atoms with Crippen LogP contribution in [0.4, 0.5) is 0 Å². The van der Waals surface area contributed by atoms with Crippen molar-refractivity contribution in [1.82, 2.24) is 24.8 Å². The number of pyridine rings is 1. The number of hydrogen-bond donors (Lipinski definition) is 2. The van der Waals surface area contributed by atoms with E-state index in [1.165, 1.54) is 6.20 Å². The van der Waals surface area contributed by atoms with Gasteiger partial charge in [0.25, 0.3) is 11.5 Å². The number of carbonyl (C=O) groups is 1. The third-order valence-electron chi connectivity index (χ3n) is 3.82. The Labute approximate surface area is 121 Å². The molecular formula is C14H17N5O2. The summed E-state index contributed by atoms with van der Waals surface area (Å²) in [6, 6.07) is 3.23. The molecule has 21 heavy (non-hydrogen) atoms. The summed E-state index contributed by atoms with van der Waals surface area (Å²) in [6.07, 6.45) is 4.99. The minimum Gasteiger partial charge on any atom is -0.347 e. The highest BCUT2D eigenvalue weighted by Gasteiger charge is 2.30. The van der Waals surface area contributed by atoms with Gasteiger partial charge in [-0.15, -0.1) is 0 Å². The van der Waals surface area contributed by atoms with Crippen LogP contribution in [-0.4, -0.2) is 57.3 Å². The first-order valence-electron chi connectivity index (χ1n) is 6.83. The molecule has 2 aromatic rings. The summed E-state index contributed by atoms with van der Waals surface area (Å²) in [4.78, 5) is 38.0. The van der Waals surface area contributed by atoms with Gasteiger partial charge in [0.15, 0.2) is 0 Å². The molecular weight excluding hydrogens is 270 g/mol. The lowest BCUT2D eigenvalue weighted by molar-refractivity contribution is 0.0533. The van der Waals surface area contributed by atoms with Crippen molar-refractivity contribution in [3.8, 4) is 0 Å². The number of H-pyrrole nitrogens is 2. The summed E-state index contributed by atoms with van der Waals surface area (Å²) in [6.45, 7) is 1.85. The molecule has 110 valence electrons. The van der Waals surface area contributed by atoms with Crippen molar-refractivity contribution < 1.29 is 4.79 Å². The maximum Gasteiger partial charge on any atom is 0.260 e. The number of amides is 1. The Morgan fingerprint density at radius 3 is 2.90 bits per heavy atom. The van der Waals surface area contributed by atoms with Crippen LogP contribution >= 0.6 is 0 Å². The molecule has 1 aliphatic heterocycles. The van der Waals surface area contributed by atoms with Crippen LogP contribution in [0, 0.1) is 0 Å². The van der Waals surface area contributed by atoms with E-state index in [0.29, 0.717) is 13.1 Å². The van der Waals surface area contributed by atoms with Gasteiger partial charge in [-0.1, -0.05) is 0 Å². The normalized spacial score (nSPS) is 19.7. The van der Waals surface area contributed by atoms with E-state index in [1.807, 2.05) is 7.05 Å². The van der Waals surface area contributed by atoms with Crippen LogP contribution in [-0.2, 0) is 0 Å². The van der Waals surface area contributed by atoms with Crippen molar-refractivity contribution >= 4 is 5.91 Å². The molecule has 0 saturated carbocycles. The number of likely N-dealkylation sites (N-methyl/N-ethyl adjacent to an activating group) is 1. The molecule has 3 heterocycles. The number of hydrogen-bond acceptors (Lipinski definition) is 4. The highest BCUT2D eigenvalue weighted by atomic mass is 16.2. The first-order valence-corrected chi connectivity index (χ1v) is 6.83. The third kappa shape index (κ3) is 2.59. The lowest BCUT2D eigenvalue weighted by atomic mass is 10.1. The van der Waals surface area contributed by atoms with Crippen LogP contribution in [0.5, 0.6) is 0 Å². The summed E-state index contributed by atoms with van der Waals surface area (Å²) in [5.41, 5.74) is -0.170. The molecule has 1 atom stereocenters. The highest BCUT2D eigenvalue weighted by molar-refractivity contribution is 5.93. The predicted molar refractivity (Wildman–Crippen MR) is 76.9 cm³/mol. The largest absolute Gasteiger partial charge is 0.347 e. The van der Waals surface area contributed by atoms with Crippen molar-refractivity contribution in [2.45, 2.75) is 6.04 Å². The second-order valence-electron chi connectivity index (χ2n) is 5.13. The van der Waals surface area contributed by atoms with Crippen LogP contribution in [0.3, 0.4) is 0 Å². The molecule has 2 aromatic heterocycles. The van der Waals surface area contributed by atoms with E-state index in [0.717, 1.165) is 12.4 Å². The van der Waals surface area contributed by atoms with Gasteiger partial charge in [-0.25, -0.2) is 4.98 Å². The van der Waals surface area contributed by atoms with Gasteiger partial charge in [0.2, 0.25) is 0 Å². The van der Waals surface area contributed by atoms with Crippen molar-refractivity contribution in [3.63, 3.8) is 0 Å². The zero-order valence-electron chi connectivity index (χ0n) is 11.7. The van der Waals surface area contributed by atoms with Gasteiger partial charge in [-0.05, 0) is 19.2 Å². The van der Waals surface area contributed by atoms with Crippen LogP contribution in [0.2, 0.25) is 0 Å². The van der Waals surface area contributed by atoms with Gasteiger partial charge in [0.1, 0.15) is 11.4 Å². The molecule has 1 saturated heterocycles. The van der Waals surface area contributed by atoms with Gasteiger partial charge in [0.05, 0.1) is 6.04 Å². The topological polar surface area (TPSA) is 85.1 Å². The zero-order chi connectivity index (χ0) is 14.8. The minimum atomic E-state index is -0.351. The first kappa shape index (κ1) is 13.6. The van der Waals surface area contributed by atoms with Crippen molar-refractivity contribution in [2.24, 2.45) is 0 Å². The van der Waals surface area contributed by atoms with Gasteiger partial charge < -0.3 is 14.9 Å². The molecule has 7 heteroatoms. The van der Waals surface area contributed by atoms with Crippen LogP contribution in [0.25, 0.3) is 0 Å². The average molecular weight is 287 g/mol. The van der Waals surface area contributed by atoms with Crippen molar-refractivity contribution in [2.75, 3.05) is 26.7 Å². The Hall–Kier alpha value is -2.41. The van der Waals surface area contributed by atoms with Gasteiger partial charge >= 0.3 is 0 Å². The molecule has 0 bridgehead atoms. The summed E-state index contributed by atoms with van der Waals surface area (Å²) in [5, 5.41) is 0. The SMILES string of the molecule is CN1CCN(C(=O)c2ccc[nH]c2=O)C[C@H]1c1ncc[nH]1. The van der Waals surface area contributed by atoms with E-state index >= 15 is 0 Å². The maximum atomic E-state index is 12.5. The van der Waals surface area contributed by atoms with Crippen molar-refractivity contribution in [3.05, 3.63) is 52.5 Å². The molecule has 0 aromatic carbocycles. The number of aromatic amines is 2. The zero-order valence-corrected chi connectivity index (χ0v) is 11.7. The molecule has 0 spiro atoms. The molecule has 0 aliphatic carbocycles. The fourth-order valence-electron chi connectivity index (χ4n) is 2.57. The van der Waals surface area contributed by atoms with E-state index in [4.69, 9.17) is 0 Å². The monoisotopic (exact) mass is 287 g/mol. The standard InChI is InChI=1S/C14H17N5O2/c1-18-7-8-19(9-11(18)12-15-5-6-16-12)14(21)10-3-2-4-17-13(10)20/h2-6,11H,7-9H2,1H3,(H,15,16)(H,17,20)/t11-/m0/s1. The van der Waals surface area contributed by atoms with E-state index in [-0.39, 0.29) is 23.1 Å². The third-order valence-corrected chi connectivity index (χ3v) is 3.82. The highest BCUT2D eigenvalue weighted by Crippen LogP contribution is 2.21. The lowest BCUT2D eigenvalue weighted by Gasteiger charge is -2.38. The molecule has 0 unspecified atom stereocenters. The Balaban J connectivity index is 1.82. The Morgan fingerprint density at radius 1 is 1.33 bits per heavy atom. The molecule has 7 nitrogen and oxygen atoms in total. The number of carbonyl (C=O) groups excluding carboxylic acids is 1. The predicted octanol–water partition coefficient (Wildman–Crippen LogP) is 0.227. The quantitative estimate of drug-likeness (QED) is 0.828. The van der Waals surface area contributed by atoms with E-state index in [9.17, 15) is 9.59 Å². The van der Waals surface area contributed by atoms with E-state index in [2.05, 4.69) is 19.9 Å². The summed E-state index contributed by atoms with van der Waals surface area (Å²) in [5.74, 6) is 0.596. The second-order valence-corrected chi connectivity index (χ2v) is 5.13. The van der Waals surface area contributed by atoms with Crippen LogP contribution in [0.1, 0.15) is 22.2 Å². The number of aromatic nitrogens is 3. The Kier molecular flexibility index (Phi) is 3.57. The Bertz CT molecular complexity index is 679. The number of nitrogens with one attached hydrogen (secondary N) is 2. The molecule has 2 N–H and O–H groups in total. The lowest BCUT2D eigenvalue weighted by Crippen LogP contribution is -2.50. The first-order chi connectivity index (χ1) is 10.2. The fourth-order valence-corrected chi connectivity index (χ4v) is 2.57. The maximum absolute atomic E-state index is 12.5. The molecule has 3 rings (SSSR count). The fraction of sp³-hybridized carbons (Fsp3) is 0.357. The van der Waals surface area contributed by atoms with Crippen LogP contribution < -0.4 is 5.56 Å². The average Bonchev–Trinajstić information content (AvgIpc) is 3.01. The molecule has 1 amide bonds. The van der Waals surface area contributed by atoms with Gasteiger partial charge in [-0.3, -0.25) is 14.5 Å². The summed E-state index contributed by atoms with van der Waals surface area (Å²) < 4.78 is 0. The summed E-state index contributed by atoms with van der Waals surface area (Å²) >= 11 is 0. The van der Waals surface area contributed by atoms with Crippen molar-refractivity contribution in [1.29, 1.82) is 0 Å². The molecule has 0 radical (unpaired) electrons. The summed E-state index contributed by atoms with van der Waals surface area (Å²) in [7, 11) is 2.00. The Morgan fingerprint density at radius 2 is 2.19 bits per heavy atom. The number of imidazole rings is 1. The second kappa shape index (κ2) is 5.53. The number of nitrogens with zero attached hydrogens (tertiary/aromatic N) is 3. The van der Waals surface area contributed by atoms with Gasteiger partial charge in [-0.2, -0.15) is 0 Å². The smallest absolute Gasteiger partial charge is 0.260 e. The molecule has 1 aliphatic rings. The number of rotatable bonds is 2. The van der Waals surface area contributed by atoms with E-state index in [1.54, 1.807) is 29.4 Å².